The zero-order valence-electron chi connectivity index (χ0n) is 18.8. The van der Waals surface area contributed by atoms with Gasteiger partial charge in [0.1, 0.15) is 6.42 Å². The van der Waals surface area contributed by atoms with E-state index >= 15 is 0 Å². The third-order valence-corrected chi connectivity index (χ3v) is 4.38. The minimum absolute atomic E-state index is 0.183. The van der Waals surface area contributed by atoms with Crippen LogP contribution in [0.5, 0.6) is 0 Å². The van der Waals surface area contributed by atoms with Crippen molar-refractivity contribution in [2.24, 2.45) is 0 Å². The molecular weight excluding hydrogens is 468 g/mol. The summed E-state index contributed by atoms with van der Waals surface area (Å²) < 4.78 is 4.67. The zero-order valence-corrected chi connectivity index (χ0v) is 20.4. The average Bonchev–Trinajstić information content (AvgIpc) is 2.82. The van der Waals surface area contributed by atoms with Crippen molar-refractivity contribution in [1.29, 1.82) is 0 Å². The average molecular weight is 501 g/mol. The maximum absolute atomic E-state index is 11.5. The van der Waals surface area contributed by atoms with Gasteiger partial charge in [-0.3, -0.25) is 14.4 Å². The fourth-order valence-electron chi connectivity index (χ4n) is 2.32. The maximum Gasteiger partial charge on any atom is 0.313 e. The number of carbonyl (C=O) groups is 3. The standard InChI is InChI=1S/C12H14O.C11H12O3.C4H7Br/c1-2-3-5-10-12(13)11-8-6-4-7-9-11;1-2-14-11(13)8-10(12)9-6-4-3-5-7-9;1-2-3-4-5/h2,4,6-9H,1,3,5,10H2;3-7H,2,8H2,1H3;2H,1,3-4H2. The number of allylic oxidation sites excluding steroid dienone is 2. The predicted molar refractivity (Wildman–Crippen MR) is 135 cm³/mol. The second kappa shape index (κ2) is 20.1. The van der Waals surface area contributed by atoms with E-state index in [-0.39, 0.29) is 18.0 Å². The zero-order chi connectivity index (χ0) is 24.0. The minimum atomic E-state index is -0.471. The number of benzene rings is 2. The maximum atomic E-state index is 11.5. The van der Waals surface area contributed by atoms with Gasteiger partial charge in [-0.25, -0.2) is 0 Å². The summed E-state index contributed by atoms with van der Waals surface area (Å²) in [5.74, 6) is -0.451. The molecule has 0 heterocycles. The molecule has 2 aromatic carbocycles. The van der Waals surface area contributed by atoms with Crippen molar-refractivity contribution in [2.45, 2.75) is 39.0 Å². The number of alkyl halides is 1. The van der Waals surface area contributed by atoms with Crippen molar-refractivity contribution in [2.75, 3.05) is 11.9 Å². The lowest BCUT2D eigenvalue weighted by Gasteiger charge is -2.00. The first kappa shape index (κ1) is 29.2. The van der Waals surface area contributed by atoms with E-state index in [0.717, 1.165) is 30.2 Å². The van der Waals surface area contributed by atoms with Gasteiger partial charge in [0, 0.05) is 22.9 Å². The van der Waals surface area contributed by atoms with Gasteiger partial charge in [0.2, 0.25) is 0 Å². The van der Waals surface area contributed by atoms with Crippen LogP contribution >= 0.6 is 15.9 Å². The lowest BCUT2D eigenvalue weighted by Crippen LogP contribution is -2.11. The Hall–Kier alpha value is -2.79. The number of Topliss-reactive ketones (excluding diaryl/α,β-unsaturated/α-hetero) is 2. The van der Waals surface area contributed by atoms with Gasteiger partial charge in [0.15, 0.2) is 11.6 Å². The number of hydrogen-bond acceptors (Lipinski definition) is 4. The Morgan fingerprint density at radius 1 is 0.844 bits per heavy atom. The second-order valence-electron chi connectivity index (χ2n) is 6.51. The van der Waals surface area contributed by atoms with Crippen LogP contribution in [0.25, 0.3) is 0 Å². The summed E-state index contributed by atoms with van der Waals surface area (Å²) in [6, 6.07) is 18.1. The van der Waals surface area contributed by atoms with Crippen LogP contribution in [0.2, 0.25) is 0 Å². The van der Waals surface area contributed by atoms with Gasteiger partial charge in [-0.05, 0) is 26.2 Å². The Morgan fingerprint density at radius 2 is 1.34 bits per heavy atom. The van der Waals surface area contributed by atoms with Crippen molar-refractivity contribution in [3.8, 4) is 0 Å². The molecule has 0 aliphatic carbocycles. The van der Waals surface area contributed by atoms with Crippen LogP contribution in [-0.4, -0.2) is 29.5 Å². The summed E-state index contributed by atoms with van der Waals surface area (Å²) >= 11 is 3.24. The highest BCUT2D eigenvalue weighted by atomic mass is 79.9. The normalized spacial score (nSPS) is 9.19. The molecule has 0 aliphatic rings. The van der Waals surface area contributed by atoms with Gasteiger partial charge in [0.25, 0.3) is 0 Å². The van der Waals surface area contributed by atoms with Crippen LogP contribution in [0.15, 0.2) is 86.0 Å². The van der Waals surface area contributed by atoms with Crippen molar-refractivity contribution in [3.05, 3.63) is 97.1 Å². The molecule has 0 amide bonds. The number of rotatable bonds is 11. The van der Waals surface area contributed by atoms with Gasteiger partial charge in [-0.15, -0.1) is 13.2 Å². The molecule has 0 N–H and O–H groups in total. The molecule has 5 heteroatoms. The van der Waals surface area contributed by atoms with E-state index in [1.165, 1.54) is 0 Å². The first-order valence-corrected chi connectivity index (χ1v) is 11.7. The molecule has 0 fully saturated rings. The summed E-state index contributed by atoms with van der Waals surface area (Å²) in [6.07, 6.45) is 7.05. The Labute approximate surface area is 200 Å². The highest BCUT2D eigenvalue weighted by Crippen LogP contribution is 2.06. The molecule has 0 aromatic heterocycles. The Kier molecular flexibility index (Phi) is 18.4. The van der Waals surface area contributed by atoms with Crippen molar-refractivity contribution < 1.29 is 19.1 Å². The quantitative estimate of drug-likeness (QED) is 0.0830. The van der Waals surface area contributed by atoms with Crippen LogP contribution in [0.3, 0.4) is 0 Å². The predicted octanol–water partition coefficient (Wildman–Crippen LogP) is 7.01. The molecule has 0 atom stereocenters. The summed E-state index contributed by atoms with van der Waals surface area (Å²) in [6.45, 7) is 9.16. The molecule has 0 spiro atoms. The van der Waals surface area contributed by atoms with Crippen molar-refractivity contribution in [1.82, 2.24) is 0 Å². The largest absolute Gasteiger partial charge is 0.466 e. The second-order valence-corrected chi connectivity index (χ2v) is 7.30. The monoisotopic (exact) mass is 500 g/mol. The Bertz CT molecular complexity index is 801. The smallest absolute Gasteiger partial charge is 0.313 e. The first-order valence-electron chi connectivity index (χ1n) is 10.6. The lowest BCUT2D eigenvalue weighted by atomic mass is 10.1. The van der Waals surface area contributed by atoms with E-state index < -0.39 is 5.97 Å². The van der Waals surface area contributed by atoms with E-state index in [1.807, 2.05) is 48.6 Å². The van der Waals surface area contributed by atoms with Crippen LogP contribution < -0.4 is 0 Å². The van der Waals surface area contributed by atoms with Crippen molar-refractivity contribution >= 4 is 33.5 Å². The molecule has 0 unspecified atom stereocenters. The molecule has 172 valence electrons. The number of ether oxygens (including phenoxy) is 1. The van der Waals surface area contributed by atoms with E-state index in [1.54, 1.807) is 31.2 Å². The highest BCUT2D eigenvalue weighted by molar-refractivity contribution is 9.09. The summed E-state index contributed by atoms with van der Waals surface area (Å²) in [7, 11) is 0. The molecule has 4 nitrogen and oxygen atoms in total. The van der Waals surface area contributed by atoms with Crippen molar-refractivity contribution in [3.63, 3.8) is 0 Å². The summed E-state index contributed by atoms with van der Waals surface area (Å²) in [5, 5.41) is 1.04. The number of esters is 1. The third kappa shape index (κ3) is 15.1. The molecular formula is C27H33BrO4. The molecule has 0 saturated heterocycles. The van der Waals surface area contributed by atoms with Gasteiger partial charge < -0.3 is 4.74 Å². The minimum Gasteiger partial charge on any atom is -0.466 e. The highest BCUT2D eigenvalue weighted by Gasteiger charge is 2.11. The number of carbonyl (C=O) groups excluding carboxylic acids is 3. The lowest BCUT2D eigenvalue weighted by molar-refractivity contribution is -0.141. The fraction of sp³-hybridized carbons (Fsp3) is 0.296. The van der Waals surface area contributed by atoms with E-state index in [4.69, 9.17) is 0 Å². The van der Waals surface area contributed by atoms with Gasteiger partial charge >= 0.3 is 5.97 Å². The Balaban J connectivity index is 0.000000499. The number of ketones is 2. The van der Waals surface area contributed by atoms with Crippen LogP contribution in [0.1, 0.15) is 59.7 Å². The SMILES string of the molecule is C=CCCBr.C=CCCCC(=O)c1ccccc1.CCOC(=O)CC(=O)c1ccccc1. The first-order chi connectivity index (χ1) is 15.5. The molecule has 0 aliphatic heterocycles. The summed E-state index contributed by atoms with van der Waals surface area (Å²) in [5.41, 5.74) is 1.35. The molecule has 2 rings (SSSR count). The molecule has 0 radical (unpaired) electrons. The molecule has 2 aromatic rings. The van der Waals surface area contributed by atoms with Crippen LogP contribution in [0, 0.1) is 0 Å². The Morgan fingerprint density at radius 3 is 1.75 bits per heavy atom. The number of halogens is 1. The third-order valence-electron chi connectivity index (χ3n) is 3.93. The van der Waals surface area contributed by atoms with E-state index in [2.05, 4.69) is 33.8 Å². The van der Waals surface area contributed by atoms with E-state index in [0.29, 0.717) is 18.6 Å². The molecule has 0 bridgehead atoms. The fourth-order valence-corrected chi connectivity index (χ4v) is 2.65. The van der Waals surface area contributed by atoms with E-state index in [9.17, 15) is 14.4 Å². The molecule has 0 saturated carbocycles. The number of unbranched alkanes of at least 4 members (excludes halogenated alkanes) is 1. The summed E-state index contributed by atoms with van der Waals surface area (Å²) in [4.78, 5) is 33.9. The van der Waals surface area contributed by atoms with Crippen LogP contribution in [-0.2, 0) is 9.53 Å². The van der Waals surface area contributed by atoms with Crippen LogP contribution in [0.4, 0.5) is 0 Å². The van der Waals surface area contributed by atoms with Gasteiger partial charge in [-0.2, -0.15) is 0 Å². The topological polar surface area (TPSA) is 60.4 Å². The number of hydrogen-bond donors (Lipinski definition) is 0. The molecule has 32 heavy (non-hydrogen) atoms. The van der Waals surface area contributed by atoms with Gasteiger partial charge in [-0.1, -0.05) is 88.7 Å². The van der Waals surface area contributed by atoms with Gasteiger partial charge in [0.05, 0.1) is 6.61 Å².